The van der Waals surface area contributed by atoms with Crippen LogP contribution in [0, 0.1) is 0 Å². The second-order valence-corrected chi connectivity index (χ2v) is 5.21. The third kappa shape index (κ3) is 2.92. The molecular weight excluding hydrogens is 306 g/mol. The molecule has 2 heterocycles. The Labute approximate surface area is 122 Å². The van der Waals surface area contributed by atoms with Crippen molar-refractivity contribution in [2.75, 3.05) is 6.54 Å². The lowest BCUT2D eigenvalue weighted by molar-refractivity contribution is 0.430. The highest BCUT2D eigenvalue weighted by Gasteiger charge is 2.23. The minimum Gasteiger partial charge on any atom is -0.466 e. The van der Waals surface area contributed by atoms with Crippen LogP contribution in [0.1, 0.15) is 44.0 Å². The second-order valence-electron chi connectivity index (χ2n) is 4.35. The zero-order valence-electron chi connectivity index (χ0n) is 11.6. The van der Waals surface area contributed by atoms with Gasteiger partial charge in [0.25, 0.3) is 0 Å². The van der Waals surface area contributed by atoms with Crippen LogP contribution in [0.25, 0.3) is 0 Å². The third-order valence-corrected chi connectivity index (χ3v) is 3.79. The van der Waals surface area contributed by atoms with Crippen LogP contribution in [0.5, 0.6) is 0 Å². The highest BCUT2D eigenvalue weighted by atomic mass is 79.9. The molecule has 4 nitrogen and oxygen atoms in total. The van der Waals surface area contributed by atoms with E-state index >= 15 is 0 Å². The number of nitrogens with zero attached hydrogens (tertiary/aromatic N) is 2. The van der Waals surface area contributed by atoms with E-state index in [0.717, 1.165) is 41.1 Å². The van der Waals surface area contributed by atoms with Crippen molar-refractivity contribution in [1.82, 2.24) is 15.1 Å². The maximum Gasteiger partial charge on any atom is 0.140 e. The minimum absolute atomic E-state index is 0.0297. The van der Waals surface area contributed by atoms with Gasteiger partial charge in [0.05, 0.1) is 22.1 Å². The van der Waals surface area contributed by atoms with Gasteiger partial charge in [-0.15, -0.1) is 0 Å². The van der Waals surface area contributed by atoms with E-state index in [4.69, 9.17) is 4.42 Å². The van der Waals surface area contributed by atoms with Crippen molar-refractivity contribution in [3.63, 3.8) is 0 Å². The molecule has 0 fully saturated rings. The summed E-state index contributed by atoms with van der Waals surface area (Å²) in [4.78, 5) is 0. The van der Waals surface area contributed by atoms with Crippen LogP contribution in [0.15, 0.2) is 27.3 Å². The Bertz CT molecular complexity index is 533. The molecule has 0 amide bonds. The largest absolute Gasteiger partial charge is 0.466 e. The molecule has 0 aliphatic rings. The van der Waals surface area contributed by atoms with Crippen molar-refractivity contribution in [3.8, 4) is 0 Å². The van der Waals surface area contributed by atoms with E-state index < -0.39 is 0 Å². The minimum atomic E-state index is 0.0297. The van der Waals surface area contributed by atoms with E-state index in [1.165, 1.54) is 0 Å². The molecule has 0 radical (unpaired) electrons. The molecule has 19 heavy (non-hydrogen) atoms. The first kappa shape index (κ1) is 14.3. The molecule has 2 aromatic rings. The SMILES string of the molecule is CCNC(c1occc1Br)c1cc(CC)nn1CC. The van der Waals surface area contributed by atoms with Crippen LogP contribution in [0.2, 0.25) is 0 Å². The van der Waals surface area contributed by atoms with Gasteiger partial charge in [-0.1, -0.05) is 13.8 Å². The molecule has 1 atom stereocenters. The maximum absolute atomic E-state index is 5.63. The molecule has 0 saturated carbocycles. The molecule has 2 rings (SSSR count). The van der Waals surface area contributed by atoms with Crippen LogP contribution < -0.4 is 5.32 Å². The molecule has 2 aromatic heterocycles. The van der Waals surface area contributed by atoms with E-state index in [9.17, 15) is 0 Å². The van der Waals surface area contributed by atoms with E-state index in [-0.39, 0.29) is 6.04 Å². The van der Waals surface area contributed by atoms with E-state index in [2.05, 4.69) is 53.2 Å². The average Bonchev–Trinajstić information content (AvgIpc) is 3.02. The molecule has 0 aliphatic carbocycles. The summed E-state index contributed by atoms with van der Waals surface area (Å²) in [6.45, 7) is 8.05. The summed E-state index contributed by atoms with van der Waals surface area (Å²) in [6, 6.07) is 4.11. The Balaban J connectivity index is 2.44. The fourth-order valence-corrected chi connectivity index (χ4v) is 2.62. The average molecular weight is 326 g/mol. The van der Waals surface area contributed by atoms with E-state index in [1.54, 1.807) is 6.26 Å². The smallest absolute Gasteiger partial charge is 0.140 e. The fraction of sp³-hybridized carbons (Fsp3) is 0.500. The molecule has 0 spiro atoms. The Hall–Kier alpha value is -1.07. The molecule has 1 unspecified atom stereocenters. The van der Waals surface area contributed by atoms with Crippen LogP contribution in [0.3, 0.4) is 0 Å². The first-order valence-electron chi connectivity index (χ1n) is 6.74. The number of aromatic nitrogens is 2. The van der Waals surface area contributed by atoms with Crippen molar-refractivity contribution >= 4 is 15.9 Å². The van der Waals surface area contributed by atoms with Gasteiger partial charge in [0.15, 0.2) is 0 Å². The third-order valence-electron chi connectivity index (χ3n) is 3.13. The normalized spacial score (nSPS) is 12.8. The lowest BCUT2D eigenvalue weighted by Crippen LogP contribution is -2.24. The molecule has 0 aromatic carbocycles. The van der Waals surface area contributed by atoms with Crippen LogP contribution in [0.4, 0.5) is 0 Å². The zero-order valence-corrected chi connectivity index (χ0v) is 13.2. The molecule has 0 saturated heterocycles. The summed E-state index contributed by atoms with van der Waals surface area (Å²) in [5.74, 6) is 0.902. The van der Waals surface area contributed by atoms with Gasteiger partial charge in [-0.05, 0) is 48.0 Å². The van der Waals surface area contributed by atoms with E-state index in [0.29, 0.717) is 0 Å². The highest BCUT2D eigenvalue weighted by Crippen LogP contribution is 2.30. The second kappa shape index (κ2) is 6.39. The van der Waals surface area contributed by atoms with Crippen LogP contribution >= 0.6 is 15.9 Å². The van der Waals surface area contributed by atoms with Crippen molar-refractivity contribution in [1.29, 1.82) is 0 Å². The number of halogens is 1. The molecule has 5 heteroatoms. The number of hydrogen-bond donors (Lipinski definition) is 1. The molecule has 104 valence electrons. The van der Waals surface area contributed by atoms with Gasteiger partial charge in [0.2, 0.25) is 0 Å². The lowest BCUT2D eigenvalue weighted by atomic mass is 10.1. The number of furan rings is 1. The number of nitrogens with one attached hydrogen (secondary N) is 1. The highest BCUT2D eigenvalue weighted by molar-refractivity contribution is 9.10. The summed E-state index contributed by atoms with van der Waals surface area (Å²) < 4.78 is 8.65. The number of rotatable bonds is 6. The van der Waals surface area contributed by atoms with Gasteiger partial charge in [-0.25, -0.2) is 0 Å². The van der Waals surface area contributed by atoms with Gasteiger partial charge in [0, 0.05) is 6.54 Å². The van der Waals surface area contributed by atoms with Crippen molar-refractivity contribution in [2.24, 2.45) is 0 Å². The summed E-state index contributed by atoms with van der Waals surface area (Å²) in [5, 5.41) is 8.08. The summed E-state index contributed by atoms with van der Waals surface area (Å²) in [6.07, 6.45) is 2.65. The predicted molar refractivity (Wildman–Crippen MR) is 79.2 cm³/mol. The fourth-order valence-electron chi connectivity index (χ4n) is 2.19. The Kier molecular flexibility index (Phi) is 4.82. The Morgan fingerprint density at radius 2 is 2.21 bits per heavy atom. The van der Waals surface area contributed by atoms with Gasteiger partial charge in [-0.3, -0.25) is 4.68 Å². The van der Waals surface area contributed by atoms with Gasteiger partial charge in [-0.2, -0.15) is 5.10 Å². The van der Waals surface area contributed by atoms with Gasteiger partial charge in [0.1, 0.15) is 11.8 Å². The summed E-state index contributed by atoms with van der Waals surface area (Å²) in [5.41, 5.74) is 2.26. The van der Waals surface area contributed by atoms with E-state index in [1.807, 2.05) is 10.7 Å². The first-order valence-corrected chi connectivity index (χ1v) is 7.53. The maximum atomic E-state index is 5.63. The molecule has 0 aliphatic heterocycles. The monoisotopic (exact) mass is 325 g/mol. The predicted octanol–water partition coefficient (Wildman–Crippen LogP) is 3.52. The molecular formula is C14H20BrN3O. The lowest BCUT2D eigenvalue weighted by Gasteiger charge is -2.17. The molecule has 0 bridgehead atoms. The van der Waals surface area contributed by atoms with Crippen molar-refractivity contribution in [2.45, 2.75) is 39.8 Å². The zero-order chi connectivity index (χ0) is 13.8. The number of aryl methyl sites for hydroxylation is 2. The van der Waals surface area contributed by atoms with Crippen LogP contribution in [-0.2, 0) is 13.0 Å². The Morgan fingerprint density at radius 3 is 2.74 bits per heavy atom. The topological polar surface area (TPSA) is 43.0 Å². The van der Waals surface area contributed by atoms with Gasteiger partial charge >= 0.3 is 0 Å². The molecule has 1 N–H and O–H groups in total. The van der Waals surface area contributed by atoms with Gasteiger partial charge < -0.3 is 9.73 Å². The van der Waals surface area contributed by atoms with Crippen molar-refractivity contribution in [3.05, 3.63) is 40.0 Å². The van der Waals surface area contributed by atoms with Crippen molar-refractivity contribution < 1.29 is 4.42 Å². The summed E-state index contributed by atoms with van der Waals surface area (Å²) >= 11 is 3.54. The standard InChI is InChI=1S/C14H20BrN3O/c1-4-10-9-12(18(6-3)17-10)13(16-5-2)14-11(15)7-8-19-14/h7-9,13,16H,4-6H2,1-3H3. The first-order chi connectivity index (χ1) is 9.21. The Morgan fingerprint density at radius 1 is 1.42 bits per heavy atom. The number of hydrogen-bond acceptors (Lipinski definition) is 3. The quantitative estimate of drug-likeness (QED) is 0.883. The van der Waals surface area contributed by atoms with Crippen LogP contribution in [-0.4, -0.2) is 16.3 Å². The summed E-state index contributed by atoms with van der Waals surface area (Å²) in [7, 11) is 0.